The summed E-state index contributed by atoms with van der Waals surface area (Å²) in [4.78, 5) is 14.5. The minimum absolute atomic E-state index is 0.118. The molecule has 12 heteroatoms. The van der Waals surface area contributed by atoms with Gasteiger partial charge in [-0.15, -0.1) is 5.10 Å². The molecule has 1 saturated heterocycles. The van der Waals surface area contributed by atoms with E-state index >= 15 is 0 Å². The number of carbonyl (C=O) groups excluding carboxylic acids is 1. The van der Waals surface area contributed by atoms with Gasteiger partial charge < -0.3 is 4.74 Å². The number of ether oxygens (including phenoxy) is 1. The van der Waals surface area contributed by atoms with Crippen molar-refractivity contribution in [2.45, 2.75) is 25.7 Å². The molecular weight excluding hydrogens is 497 g/mol. The average molecular weight is 522 g/mol. The number of methoxy groups -OCH3 is 1. The molecule has 0 aliphatic carbocycles. The molecule has 3 aromatic rings. The van der Waals surface area contributed by atoms with E-state index in [0.717, 1.165) is 15.4 Å². The molecule has 1 aliphatic rings. The SMILES string of the molecule is COC(=O)C1CN(Cc2ccc(F)cc2)CCS(=O)(=O)N1Cc1cn(Cc2ccc(Cl)cc2)nn1. The van der Waals surface area contributed by atoms with Gasteiger partial charge in [0.15, 0.2) is 0 Å². The minimum Gasteiger partial charge on any atom is -0.468 e. The van der Waals surface area contributed by atoms with Crippen LogP contribution in [0.5, 0.6) is 0 Å². The molecule has 4 rings (SSSR count). The number of halogens is 2. The summed E-state index contributed by atoms with van der Waals surface area (Å²) in [6.07, 6.45) is 1.65. The molecular formula is C23H25ClFN5O4S. The van der Waals surface area contributed by atoms with E-state index in [2.05, 4.69) is 10.3 Å². The molecule has 0 spiro atoms. The van der Waals surface area contributed by atoms with Crippen LogP contribution in [0.1, 0.15) is 16.8 Å². The van der Waals surface area contributed by atoms with Crippen molar-refractivity contribution in [1.29, 1.82) is 0 Å². The van der Waals surface area contributed by atoms with Crippen LogP contribution in [-0.2, 0) is 39.2 Å². The molecule has 0 amide bonds. The fraction of sp³-hybridized carbons (Fsp3) is 0.348. The lowest BCUT2D eigenvalue weighted by atomic mass is 10.2. The van der Waals surface area contributed by atoms with Gasteiger partial charge in [-0.1, -0.05) is 41.1 Å². The summed E-state index contributed by atoms with van der Waals surface area (Å²) in [5.74, 6) is -1.19. The van der Waals surface area contributed by atoms with Gasteiger partial charge in [-0.25, -0.2) is 17.5 Å². The smallest absolute Gasteiger partial charge is 0.325 e. The first-order valence-corrected chi connectivity index (χ1v) is 12.9. The summed E-state index contributed by atoms with van der Waals surface area (Å²) in [5, 5.41) is 8.83. The summed E-state index contributed by atoms with van der Waals surface area (Å²) < 4.78 is 47.3. The van der Waals surface area contributed by atoms with Crippen LogP contribution in [0.3, 0.4) is 0 Å². The molecule has 1 aromatic heterocycles. The summed E-state index contributed by atoms with van der Waals surface area (Å²) in [6.45, 7) is 1.03. The predicted octanol–water partition coefficient (Wildman–Crippen LogP) is 2.31. The van der Waals surface area contributed by atoms with E-state index in [-0.39, 0.29) is 31.2 Å². The van der Waals surface area contributed by atoms with E-state index in [1.807, 2.05) is 17.0 Å². The third-order valence-electron chi connectivity index (χ3n) is 5.76. The highest BCUT2D eigenvalue weighted by atomic mass is 35.5. The van der Waals surface area contributed by atoms with Crippen LogP contribution in [0.25, 0.3) is 0 Å². The van der Waals surface area contributed by atoms with E-state index in [1.54, 1.807) is 35.1 Å². The van der Waals surface area contributed by atoms with Crippen molar-refractivity contribution in [2.24, 2.45) is 0 Å². The summed E-state index contributed by atoms with van der Waals surface area (Å²) in [6, 6.07) is 12.2. The second-order valence-electron chi connectivity index (χ2n) is 8.30. The minimum atomic E-state index is -3.81. The number of hydrogen-bond donors (Lipinski definition) is 0. The van der Waals surface area contributed by atoms with Crippen molar-refractivity contribution in [3.05, 3.63) is 82.4 Å². The quantitative estimate of drug-likeness (QED) is 0.440. The number of esters is 1. The number of carbonyl (C=O) groups is 1. The predicted molar refractivity (Wildman–Crippen MR) is 127 cm³/mol. The van der Waals surface area contributed by atoms with Crippen molar-refractivity contribution in [1.82, 2.24) is 24.2 Å². The molecule has 186 valence electrons. The van der Waals surface area contributed by atoms with Crippen molar-refractivity contribution < 1.29 is 22.3 Å². The molecule has 0 bridgehead atoms. The highest BCUT2D eigenvalue weighted by Gasteiger charge is 2.40. The Bertz CT molecular complexity index is 1270. The lowest BCUT2D eigenvalue weighted by Crippen LogP contribution is -2.48. The Morgan fingerprint density at radius 1 is 1.09 bits per heavy atom. The summed E-state index contributed by atoms with van der Waals surface area (Å²) >= 11 is 5.93. The number of benzene rings is 2. The molecule has 2 heterocycles. The van der Waals surface area contributed by atoms with Crippen molar-refractivity contribution in [3.8, 4) is 0 Å². The molecule has 1 unspecified atom stereocenters. The third-order valence-corrected chi connectivity index (χ3v) is 7.80. The van der Waals surface area contributed by atoms with Gasteiger partial charge in [-0.3, -0.25) is 9.69 Å². The Balaban J connectivity index is 1.53. The van der Waals surface area contributed by atoms with Crippen molar-refractivity contribution in [2.75, 3.05) is 26.0 Å². The Hall–Kier alpha value is -2.86. The van der Waals surface area contributed by atoms with E-state index in [1.165, 1.54) is 19.2 Å². The largest absolute Gasteiger partial charge is 0.468 e. The Morgan fingerprint density at radius 2 is 1.74 bits per heavy atom. The zero-order valence-electron chi connectivity index (χ0n) is 19.0. The van der Waals surface area contributed by atoms with Crippen molar-refractivity contribution in [3.63, 3.8) is 0 Å². The molecule has 1 aliphatic heterocycles. The van der Waals surface area contributed by atoms with Gasteiger partial charge >= 0.3 is 5.97 Å². The average Bonchev–Trinajstić information content (AvgIpc) is 3.24. The highest BCUT2D eigenvalue weighted by Crippen LogP contribution is 2.21. The van der Waals surface area contributed by atoms with Crippen LogP contribution in [-0.4, -0.2) is 70.6 Å². The molecule has 1 fully saturated rings. The van der Waals surface area contributed by atoms with E-state index in [4.69, 9.17) is 16.3 Å². The van der Waals surface area contributed by atoms with Gasteiger partial charge in [0.25, 0.3) is 0 Å². The fourth-order valence-corrected chi connectivity index (χ4v) is 5.65. The van der Waals surface area contributed by atoms with Crippen LogP contribution in [0.15, 0.2) is 54.7 Å². The first-order valence-electron chi connectivity index (χ1n) is 10.9. The second kappa shape index (κ2) is 10.8. The van der Waals surface area contributed by atoms with Crippen LogP contribution in [0.2, 0.25) is 5.02 Å². The zero-order valence-corrected chi connectivity index (χ0v) is 20.6. The van der Waals surface area contributed by atoms with E-state index < -0.39 is 22.0 Å². The lowest BCUT2D eigenvalue weighted by molar-refractivity contribution is -0.145. The van der Waals surface area contributed by atoms with E-state index in [9.17, 15) is 17.6 Å². The summed E-state index contributed by atoms with van der Waals surface area (Å²) in [7, 11) is -2.58. The number of aromatic nitrogens is 3. The normalized spacial score (nSPS) is 18.8. The first-order chi connectivity index (χ1) is 16.7. The molecule has 0 N–H and O–H groups in total. The molecule has 0 saturated carbocycles. The Kier molecular flexibility index (Phi) is 7.80. The maximum Gasteiger partial charge on any atom is 0.325 e. The molecule has 0 radical (unpaired) electrons. The van der Waals surface area contributed by atoms with E-state index in [0.29, 0.717) is 23.8 Å². The number of nitrogens with zero attached hydrogens (tertiary/aromatic N) is 5. The maximum atomic E-state index is 13.3. The van der Waals surface area contributed by atoms with Crippen LogP contribution in [0, 0.1) is 5.82 Å². The van der Waals surface area contributed by atoms with Gasteiger partial charge in [0.2, 0.25) is 10.0 Å². The van der Waals surface area contributed by atoms with Crippen LogP contribution < -0.4 is 0 Å². The monoisotopic (exact) mass is 521 g/mol. The molecule has 35 heavy (non-hydrogen) atoms. The van der Waals surface area contributed by atoms with Gasteiger partial charge in [0.1, 0.15) is 11.9 Å². The van der Waals surface area contributed by atoms with Gasteiger partial charge in [0.05, 0.1) is 37.8 Å². The maximum absolute atomic E-state index is 13.3. The standard InChI is InChI=1S/C23H25ClFN5O4S/c1-34-23(31)22-16-28(12-17-4-8-20(25)9-5-17)10-11-35(32,33)30(22)15-21-14-29(27-26-21)13-18-2-6-19(24)7-3-18/h2-9,14,22H,10-13,15-16H2,1H3. The molecule has 2 aromatic carbocycles. The number of sulfonamides is 1. The fourth-order valence-electron chi connectivity index (χ4n) is 3.94. The Morgan fingerprint density at radius 3 is 2.43 bits per heavy atom. The van der Waals surface area contributed by atoms with Crippen LogP contribution in [0.4, 0.5) is 4.39 Å². The van der Waals surface area contributed by atoms with Crippen LogP contribution >= 0.6 is 11.6 Å². The van der Waals surface area contributed by atoms with Gasteiger partial charge in [-0.2, -0.15) is 4.31 Å². The van der Waals surface area contributed by atoms with Gasteiger partial charge in [-0.05, 0) is 35.4 Å². The highest BCUT2D eigenvalue weighted by molar-refractivity contribution is 7.89. The lowest BCUT2D eigenvalue weighted by Gasteiger charge is -2.28. The van der Waals surface area contributed by atoms with Gasteiger partial charge in [0, 0.05) is 24.7 Å². The Labute approximate surface area is 208 Å². The molecule has 1 atom stereocenters. The number of hydrogen-bond acceptors (Lipinski definition) is 7. The summed E-state index contributed by atoms with van der Waals surface area (Å²) in [5.41, 5.74) is 2.17. The second-order valence-corrected chi connectivity index (χ2v) is 10.8. The van der Waals surface area contributed by atoms with Crippen molar-refractivity contribution >= 4 is 27.6 Å². The third kappa shape index (κ3) is 6.43. The zero-order chi connectivity index (χ0) is 25.0. The topological polar surface area (TPSA) is 97.6 Å². The first kappa shape index (κ1) is 25.2. The molecule has 9 nitrogen and oxygen atoms in total. The number of rotatable bonds is 7.